The molecule has 1 atom stereocenters. The Hall–Kier alpha value is -3.00. The molecule has 4 aromatic rings. The molecule has 1 aliphatic heterocycles. The van der Waals surface area contributed by atoms with Crippen LogP contribution in [0.25, 0.3) is 11.0 Å². The van der Waals surface area contributed by atoms with E-state index in [4.69, 9.17) is 4.42 Å². The van der Waals surface area contributed by atoms with Gasteiger partial charge >= 0.3 is 0 Å². The fraction of sp³-hybridized carbons (Fsp3) is 0.250. The molecular formula is C20H17FN4O2S. The number of aryl methyl sites for hydroxylation is 1. The quantitative estimate of drug-likeness (QED) is 0.568. The van der Waals surface area contributed by atoms with Gasteiger partial charge in [-0.25, -0.2) is 14.4 Å². The summed E-state index contributed by atoms with van der Waals surface area (Å²) in [6.45, 7) is 0.552. The third-order valence-corrected chi connectivity index (χ3v) is 5.92. The Labute approximate surface area is 164 Å². The number of hydrogen-bond donors (Lipinski definition) is 1. The number of amides is 1. The molecule has 3 aromatic heterocycles. The highest BCUT2D eigenvalue weighted by Gasteiger charge is 2.36. The van der Waals surface area contributed by atoms with E-state index >= 15 is 0 Å². The summed E-state index contributed by atoms with van der Waals surface area (Å²) in [5.74, 6) is 0.192. The van der Waals surface area contributed by atoms with E-state index in [0.29, 0.717) is 42.5 Å². The molecule has 5 rings (SSSR count). The molecule has 4 heterocycles. The summed E-state index contributed by atoms with van der Waals surface area (Å²) in [4.78, 5) is 26.7. The maximum absolute atomic E-state index is 14.2. The second-order valence-corrected chi connectivity index (χ2v) is 7.71. The molecular weight excluding hydrogens is 379 g/mol. The Bertz CT molecular complexity index is 1130. The second-order valence-electron chi connectivity index (χ2n) is 6.73. The van der Waals surface area contributed by atoms with Crippen molar-refractivity contribution in [1.82, 2.24) is 19.9 Å². The Morgan fingerprint density at radius 1 is 1.39 bits per heavy atom. The Balaban J connectivity index is 1.50. The molecule has 1 amide bonds. The first-order valence-corrected chi connectivity index (χ1v) is 9.96. The molecule has 0 radical (unpaired) electrons. The van der Waals surface area contributed by atoms with Gasteiger partial charge in [-0.3, -0.25) is 4.79 Å². The van der Waals surface area contributed by atoms with Crippen LogP contribution >= 0.6 is 11.3 Å². The van der Waals surface area contributed by atoms with Gasteiger partial charge in [0.25, 0.3) is 0 Å². The lowest BCUT2D eigenvalue weighted by Crippen LogP contribution is -2.40. The predicted molar refractivity (Wildman–Crippen MR) is 102 cm³/mol. The minimum atomic E-state index is -0.467. The average Bonchev–Trinajstić information content (AvgIpc) is 3.45. The van der Waals surface area contributed by atoms with Crippen LogP contribution in [0.2, 0.25) is 0 Å². The van der Waals surface area contributed by atoms with Crippen molar-refractivity contribution >= 4 is 28.2 Å². The zero-order chi connectivity index (χ0) is 19.1. The number of furan rings is 1. The third kappa shape index (κ3) is 2.90. The highest BCUT2D eigenvalue weighted by atomic mass is 32.1. The third-order valence-electron chi connectivity index (χ3n) is 5.08. The molecule has 0 unspecified atom stereocenters. The molecule has 0 bridgehead atoms. The van der Waals surface area contributed by atoms with Crippen LogP contribution in [0.4, 0.5) is 4.39 Å². The molecule has 142 valence electrons. The first kappa shape index (κ1) is 17.1. The van der Waals surface area contributed by atoms with Crippen LogP contribution in [0, 0.1) is 5.82 Å². The maximum Gasteiger partial charge on any atom is 0.223 e. The number of carbonyl (C=O) groups excluding carboxylic acids is 1. The minimum Gasteiger partial charge on any atom is -0.458 e. The molecule has 0 spiro atoms. The van der Waals surface area contributed by atoms with Gasteiger partial charge in [0.2, 0.25) is 5.91 Å². The van der Waals surface area contributed by atoms with Gasteiger partial charge in [0, 0.05) is 43.1 Å². The van der Waals surface area contributed by atoms with E-state index in [2.05, 4.69) is 15.0 Å². The second kappa shape index (κ2) is 6.87. The van der Waals surface area contributed by atoms with E-state index in [0.717, 1.165) is 16.4 Å². The molecule has 8 heteroatoms. The highest BCUT2D eigenvalue weighted by molar-refractivity contribution is 7.09. The number of aromatic nitrogens is 3. The molecule has 28 heavy (non-hydrogen) atoms. The highest BCUT2D eigenvalue weighted by Crippen LogP contribution is 2.37. The fourth-order valence-electron chi connectivity index (χ4n) is 3.75. The Kier molecular flexibility index (Phi) is 4.20. The lowest BCUT2D eigenvalue weighted by molar-refractivity contribution is -0.133. The van der Waals surface area contributed by atoms with E-state index in [9.17, 15) is 9.18 Å². The van der Waals surface area contributed by atoms with Crippen molar-refractivity contribution in [3.8, 4) is 0 Å². The summed E-state index contributed by atoms with van der Waals surface area (Å²) in [7, 11) is 0. The number of hydrogen-bond acceptors (Lipinski definition) is 5. The zero-order valence-corrected chi connectivity index (χ0v) is 15.7. The van der Waals surface area contributed by atoms with Crippen LogP contribution in [0.5, 0.6) is 0 Å². The van der Waals surface area contributed by atoms with Gasteiger partial charge in [-0.05, 0) is 18.2 Å². The summed E-state index contributed by atoms with van der Waals surface area (Å²) in [6.07, 6.45) is 5.03. The van der Waals surface area contributed by atoms with Crippen LogP contribution in [0.15, 0.2) is 46.6 Å². The predicted octanol–water partition coefficient (Wildman–Crippen LogP) is 3.86. The van der Waals surface area contributed by atoms with Crippen LogP contribution in [0.3, 0.4) is 0 Å². The number of nitrogens with zero attached hydrogens (tertiary/aromatic N) is 3. The number of nitrogens with one attached hydrogen (secondary N) is 1. The first-order valence-electron chi connectivity index (χ1n) is 9.08. The number of H-pyrrole nitrogens is 1. The standard InChI is InChI=1S/C20H17FN4O2S/c21-13-2-1-3-15-12(13)10-16(27-15)20-19-14(23-11-24-19)6-8-25(20)18(26)5-4-17-22-7-9-28-17/h1-3,7,9-11,20H,4-6,8H2,(H,23,24)/t20-/m0/s1. The van der Waals surface area contributed by atoms with Gasteiger partial charge in [0.1, 0.15) is 23.2 Å². The number of fused-ring (bicyclic) bond motifs is 2. The summed E-state index contributed by atoms with van der Waals surface area (Å²) >= 11 is 1.54. The molecule has 0 fully saturated rings. The number of imidazole rings is 1. The van der Waals surface area contributed by atoms with E-state index in [1.54, 1.807) is 47.0 Å². The van der Waals surface area contributed by atoms with Gasteiger partial charge in [-0.2, -0.15) is 0 Å². The normalized spacial score (nSPS) is 16.5. The molecule has 0 saturated heterocycles. The molecule has 1 aromatic carbocycles. The van der Waals surface area contributed by atoms with Crippen molar-refractivity contribution in [2.75, 3.05) is 6.54 Å². The molecule has 0 saturated carbocycles. The number of halogens is 1. The van der Waals surface area contributed by atoms with Crippen LogP contribution < -0.4 is 0 Å². The summed E-state index contributed by atoms with van der Waals surface area (Å²) in [5, 5.41) is 3.26. The number of benzene rings is 1. The number of rotatable bonds is 4. The minimum absolute atomic E-state index is 0.00905. The Morgan fingerprint density at radius 2 is 2.32 bits per heavy atom. The topological polar surface area (TPSA) is 75.0 Å². The van der Waals surface area contributed by atoms with E-state index < -0.39 is 6.04 Å². The number of carbonyl (C=O) groups is 1. The largest absolute Gasteiger partial charge is 0.458 e. The Morgan fingerprint density at radius 3 is 3.14 bits per heavy atom. The van der Waals surface area contributed by atoms with E-state index in [1.165, 1.54) is 6.07 Å². The van der Waals surface area contributed by atoms with Gasteiger partial charge in [-0.15, -0.1) is 11.3 Å². The summed E-state index contributed by atoms with van der Waals surface area (Å²) in [5.41, 5.74) is 2.20. The van der Waals surface area contributed by atoms with E-state index in [-0.39, 0.29) is 11.7 Å². The summed E-state index contributed by atoms with van der Waals surface area (Å²) in [6, 6.07) is 5.96. The lowest BCUT2D eigenvalue weighted by atomic mass is 9.99. The fourth-order valence-corrected chi connectivity index (χ4v) is 4.37. The lowest BCUT2D eigenvalue weighted by Gasteiger charge is -2.33. The zero-order valence-electron chi connectivity index (χ0n) is 14.9. The van der Waals surface area contributed by atoms with Crippen LogP contribution in [-0.2, 0) is 17.6 Å². The smallest absolute Gasteiger partial charge is 0.223 e. The van der Waals surface area contributed by atoms with E-state index in [1.807, 2.05) is 5.38 Å². The van der Waals surface area contributed by atoms with Crippen molar-refractivity contribution in [3.05, 3.63) is 70.1 Å². The van der Waals surface area contributed by atoms with Crippen molar-refractivity contribution < 1.29 is 13.6 Å². The van der Waals surface area contributed by atoms with Crippen molar-refractivity contribution in [1.29, 1.82) is 0 Å². The monoisotopic (exact) mass is 396 g/mol. The van der Waals surface area contributed by atoms with Crippen molar-refractivity contribution in [2.45, 2.75) is 25.3 Å². The SMILES string of the molecule is O=C(CCc1nccs1)N1CCc2[nH]cnc2[C@@H]1c1cc2c(F)cccc2o1. The van der Waals surface area contributed by atoms with Gasteiger partial charge < -0.3 is 14.3 Å². The van der Waals surface area contributed by atoms with Crippen LogP contribution in [0.1, 0.15) is 34.6 Å². The number of aromatic amines is 1. The molecule has 6 nitrogen and oxygen atoms in total. The van der Waals surface area contributed by atoms with Gasteiger partial charge in [-0.1, -0.05) is 6.07 Å². The maximum atomic E-state index is 14.2. The van der Waals surface area contributed by atoms with Crippen molar-refractivity contribution in [3.63, 3.8) is 0 Å². The van der Waals surface area contributed by atoms with Gasteiger partial charge in [0.05, 0.1) is 22.4 Å². The van der Waals surface area contributed by atoms with Crippen molar-refractivity contribution in [2.24, 2.45) is 0 Å². The number of thiazole rings is 1. The average molecular weight is 396 g/mol. The van der Waals surface area contributed by atoms with Crippen LogP contribution in [-0.4, -0.2) is 32.3 Å². The first-order chi connectivity index (χ1) is 13.7. The molecule has 1 N–H and O–H groups in total. The molecule has 0 aliphatic carbocycles. The summed E-state index contributed by atoms with van der Waals surface area (Å²) < 4.78 is 20.1. The molecule has 1 aliphatic rings. The van der Waals surface area contributed by atoms with Gasteiger partial charge in [0.15, 0.2) is 0 Å².